The molecule has 3 atom stereocenters. The van der Waals surface area contributed by atoms with Gasteiger partial charge in [-0.15, -0.1) is 0 Å². The molecule has 0 aromatic heterocycles. The monoisotopic (exact) mass is 217 g/mol. The number of esters is 1. The first-order valence-corrected chi connectivity index (χ1v) is 5.04. The summed E-state index contributed by atoms with van der Waals surface area (Å²) < 4.78 is 15.7. The predicted molar refractivity (Wildman–Crippen MR) is 54.1 cm³/mol. The summed E-state index contributed by atoms with van der Waals surface area (Å²) in [6.45, 7) is 5.54. The fourth-order valence-corrected chi connectivity index (χ4v) is 1.79. The van der Waals surface area contributed by atoms with Crippen molar-refractivity contribution in [3.63, 3.8) is 0 Å². The lowest BCUT2D eigenvalue weighted by molar-refractivity contribution is -0.150. The number of carbonyl (C=O) groups excluding carboxylic acids is 1. The first kappa shape index (κ1) is 12.4. The van der Waals surface area contributed by atoms with E-state index in [1.165, 1.54) is 7.11 Å². The minimum atomic E-state index is -0.627. The van der Waals surface area contributed by atoms with Crippen molar-refractivity contribution in [3.8, 4) is 0 Å². The second-order valence-corrected chi connectivity index (χ2v) is 4.25. The summed E-state index contributed by atoms with van der Waals surface area (Å²) >= 11 is 0. The molecule has 1 saturated heterocycles. The molecule has 0 amide bonds. The zero-order chi connectivity index (χ0) is 11.6. The molecule has 0 aromatic carbocycles. The minimum Gasteiger partial charge on any atom is -0.469 e. The molecule has 0 radical (unpaired) electrons. The van der Waals surface area contributed by atoms with Crippen molar-refractivity contribution in [2.24, 2.45) is 5.73 Å². The SMILES string of the molecule is COC(=O)C[C@H](N)[C@H]1OC(C)(C)O[C@H]1C. The Hall–Kier alpha value is -0.650. The molecule has 5 heteroatoms. The Bertz CT molecular complexity index is 242. The van der Waals surface area contributed by atoms with E-state index in [9.17, 15) is 4.79 Å². The number of carbonyl (C=O) groups is 1. The van der Waals surface area contributed by atoms with Crippen molar-refractivity contribution in [1.29, 1.82) is 0 Å². The summed E-state index contributed by atoms with van der Waals surface area (Å²) in [5, 5.41) is 0. The van der Waals surface area contributed by atoms with E-state index in [-0.39, 0.29) is 24.6 Å². The van der Waals surface area contributed by atoms with Gasteiger partial charge >= 0.3 is 5.97 Å². The highest BCUT2D eigenvalue weighted by molar-refractivity contribution is 5.70. The molecular formula is C10H19NO4. The van der Waals surface area contributed by atoms with E-state index in [4.69, 9.17) is 15.2 Å². The van der Waals surface area contributed by atoms with Crippen molar-refractivity contribution >= 4 is 5.97 Å². The van der Waals surface area contributed by atoms with Gasteiger partial charge in [0.1, 0.15) is 6.10 Å². The van der Waals surface area contributed by atoms with Gasteiger partial charge in [0.15, 0.2) is 5.79 Å². The summed E-state index contributed by atoms with van der Waals surface area (Å²) in [7, 11) is 1.34. The Kier molecular flexibility index (Phi) is 3.70. The summed E-state index contributed by atoms with van der Waals surface area (Å²) in [6, 6.07) is -0.394. The second kappa shape index (κ2) is 4.47. The smallest absolute Gasteiger partial charge is 0.307 e. The van der Waals surface area contributed by atoms with Gasteiger partial charge in [-0.3, -0.25) is 4.79 Å². The van der Waals surface area contributed by atoms with Gasteiger partial charge in [-0.1, -0.05) is 0 Å². The van der Waals surface area contributed by atoms with Crippen LogP contribution in [0.3, 0.4) is 0 Å². The maximum absolute atomic E-state index is 11.0. The third kappa shape index (κ3) is 3.15. The van der Waals surface area contributed by atoms with Crippen LogP contribution in [-0.2, 0) is 19.0 Å². The third-order valence-electron chi connectivity index (χ3n) is 2.40. The number of methoxy groups -OCH3 is 1. The van der Waals surface area contributed by atoms with Crippen LogP contribution in [0.5, 0.6) is 0 Å². The highest BCUT2D eigenvalue weighted by Crippen LogP contribution is 2.29. The van der Waals surface area contributed by atoms with Crippen LogP contribution < -0.4 is 5.73 Å². The molecule has 0 aromatic rings. The molecular weight excluding hydrogens is 198 g/mol. The largest absolute Gasteiger partial charge is 0.469 e. The molecule has 1 fully saturated rings. The van der Waals surface area contributed by atoms with E-state index >= 15 is 0 Å². The lowest BCUT2D eigenvalue weighted by Crippen LogP contribution is -2.42. The van der Waals surface area contributed by atoms with Crippen LogP contribution in [0.4, 0.5) is 0 Å². The van der Waals surface area contributed by atoms with Gasteiger partial charge in [0, 0.05) is 6.04 Å². The Balaban J connectivity index is 2.53. The molecule has 5 nitrogen and oxygen atoms in total. The minimum absolute atomic E-state index is 0.111. The number of nitrogens with two attached hydrogens (primary N) is 1. The van der Waals surface area contributed by atoms with E-state index in [1.807, 2.05) is 20.8 Å². The lowest BCUT2D eigenvalue weighted by atomic mass is 10.0. The van der Waals surface area contributed by atoms with E-state index in [1.54, 1.807) is 0 Å². The number of hydrogen-bond acceptors (Lipinski definition) is 5. The zero-order valence-corrected chi connectivity index (χ0v) is 9.65. The number of ether oxygens (including phenoxy) is 3. The van der Waals surface area contributed by atoms with Crippen LogP contribution in [0.15, 0.2) is 0 Å². The van der Waals surface area contributed by atoms with Gasteiger partial charge < -0.3 is 19.9 Å². The molecule has 1 aliphatic heterocycles. The zero-order valence-electron chi connectivity index (χ0n) is 9.65. The molecule has 0 bridgehead atoms. The molecule has 2 N–H and O–H groups in total. The normalized spacial score (nSPS) is 31.3. The maximum Gasteiger partial charge on any atom is 0.307 e. The average Bonchev–Trinajstić information content (AvgIpc) is 2.39. The summed E-state index contributed by atoms with van der Waals surface area (Å²) in [6.07, 6.45) is -0.232. The van der Waals surface area contributed by atoms with Crippen LogP contribution in [0, 0.1) is 0 Å². The Morgan fingerprint density at radius 3 is 2.53 bits per heavy atom. The van der Waals surface area contributed by atoms with Gasteiger partial charge in [-0.05, 0) is 20.8 Å². The Labute approximate surface area is 89.9 Å². The van der Waals surface area contributed by atoms with E-state index in [0.717, 1.165) is 0 Å². The molecule has 15 heavy (non-hydrogen) atoms. The lowest BCUT2D eigenvalue weighted by Gasteiger charge is -2.21. The first-order valence-electron chi connectivity index (χ1n) is 5.04. The van der Waals surface area contributed by atoms with Crippen LogP contribution in [-0.4, -0.2) is 37.1 Å². The third-order valence-corrected chi connectivity index (χ3v) is 2.40. The molecule has 1 aliphatic rings. The summed E-state index contributed by atoms with van der Waals surface area (Å²) in [5.41, 5.74) is 5.86. The van der Waals surface area contributed by atoms with Gasteiger partial charge in [0.25, 0.3) is 0 Å². The van der Waals surface area contributed by atoms with Crippen LogP contribution in [0.25, 0.3) is 0 Å². The standard InChI is InChI=1S/C10H19NO4/c1-6-9(15-10(2,3)14-6)7(11)5-8(12)13-4/h6-7,9H,5,11H2,1-4H3/t6-,7-,9-/m0/s1. The summed E-state index contributed by atoms with van der Waals surface area (Å²) in [4.78, 5) is 11.0. The highest BCUT2D eigenvalue weighted by atomic mass is 16.8. The van der Waals surface area contributed by atoms with Gasteiger partial charge in [-0.2, -0.15) is 0 Å². The molecule has 0 spiro atoms. The van der Waals surface area contributed by atoms with Crippen LogP contribution in [0.2, 0.25) is 0 Å². The number of rotatable bonds is 3. The molecule has 0 unspecified atom stereocenters. The topological polar surface area (TPSA) is 70.8 Å². The summed E-state index contributed by atoms with van der Waals surface area (Å²) in [5.74, 6) is -0.958. The van der Waals surface area contributed by atoms with Crippen LogP contribution >= 0.6 is 0 Å². The Morgan fingerprint density at radius 1 is 1.53 bits per heavy atom. The highest BCUT2D eigenvalue weighted by Gasteiger charge is 2.42. The van der Waals surface area contributed by atoms with Crippen LogP contribution in [0.1, 0.15) is 27.2 Å². The Morgan fingerprint density at radius 2 is 2.13 bits per heavy atom. The van der Waals surface area contributed by atoms with Gasteiger partial charge in [0.2, 0.25) is 0 Å². The molecule has 0 aliphatic carbocycles. The van der Waals surface area contributed by atoms with E-state index in [0.29, 0.717) is 0 Å². The molecule has 88 valence electrons. The van der Waals surface area contributed by atoms with E-state index in [2.05, 4.69) is 4.74 Å². The fraction of sp³-hybridized carbons (Fsp3) is 0.900. The van der Waals surface area contributed by atoms with Crippen molar-refractivity contribution in [2.75, 3.05) is 7.11 Å². The average molecular weight is 217 g/mol. The maximum atomic E-state index is 11.0. The fourth-order valence-electron chi connectivity index (χ4n) is 1.79. The van der Waals surface area contributed by atoms with Crippen molar-refractivity contribution in [3.05, 3.63) is 0 Å². The van der Waals surface area contributed by atoms with Crippen molar-refractivity contribution in [2.45, 2.75) is 51.2 Å². The van der Waals surface area contributed by atoms with E-state index < -0.39 is 11.8 Å². The number of hydrogen-bond donors (Lipinski definition) is 1. The quantitative estimate of drug-likeness (QED) is 0.693. The second-order valence-electron chi connectivity index (χ2n) is 4.25. The van der Waals surface area contributed by atoms with Gasteiger partial charge in [0.05, 0.1) is 19.6 Å². The van der Waals surface area contributed by atoms with Crippen molar-refractivity contribution < 1.29 is 19.0 Å². The molecule has 1 rings (SSSR count). The molecule has 1 heterocycles. The van der Waals surface area contributed by atoms with Crippen molar-refractivity contribution in [1.82, 2.24) is 0 Å². The predicted octanol–water partition coefficient (Wildman–Crippen LogP) is 0.417. The first-order chi connectivity index (χ1) is 6.85. The van der Waals surface area contributed by atoms with Gasteiger partial charge in [-0.25, -0.2) is 0 Å². The molecule has 0 saturated carbocycles.